The third kappa shape index (κ3) is 9.49. The zero-order valence-corrected chi connectivity index (χ0v) is 21.2. The summed E-state index contributed by atoms with van der Waals surface area (Å²) < 4.78 is 23.8. The Bertz CT molecular complexity index is 881. The molecule has 0 saturated carbocycles. The summed E-state index contributed by atoms with van der Waals surface area (Å²) in [7, 11) is 3.21. The molecule has 1 atom stereocenters. The van der Waals surface area contributed by atoms with E-state index in [0.717, 1.165) is 69.3 Å². The fourth-order valence-corrected chi connectivity index (χ4v) is 4.36. The Hall–Kier alpha value is -2.64. The number of para-hydroxylation sites is 1. The van der Waals surface area contributed by atoms with Crippen LogP contribution in [-0.2, 0) is 11.2 Å². The molecule has 3 rings (SSSR count). The van der Waals surface area contributed by atoms with Gasteiger partial charge in [0, 0.05) is 18.5 Å². The number of hydrogen-bond acceptors (Lipinski definition) is 5. The first-order chi connectivity index (χ1) is 16.9. The maximum atomic E-state index is 13.0. The van der Waals surface area contributed by atoms with E-state index in [4.69, 9.17) is 14.6 Å². The lowest BCUT2D eigenvalue weighted by Gasteiger charge is -2.34. The van der Waals surface area contributed by atoms with Gasteiger partial charge in [0.05, 0.1) is 20.3 Å². The van der Waals surface area contributed by atoms with Crippen molar-refractivity contribution in [3.05, 3.63) is 59.4 Å². The summed E-state index contributed by atoms with van der Waals surface area (Å²) >= 11 is 0. The third-order valence-electron chi connectivity index (χ3n) is 6.45. The normalized spacial score (nSPS) is 15.1. The van der Waals surface area contributed by atoms with Crippen molar-refractivity contribution in [3.63, 3.8) is 0 Å². The highest BCUT2D eigenvalue weighted by Crippen LogP contribution is 2.39. The summed E-state index contributed by atoms with van der Waals surface area (Å²) in [6.45, 7) is 4.92. The number of halogens is 1. The van der Waals surface area contributed by atoms with E-state index >= 15 is 0 Å². The fourth-order valence-electron chi connectivity index (χ4n) is 4.36. The van der Waals surface area contributed by atoms with E-state index in [1.54, 1.807) is 14.2 Å². The molecule has 0 aliphatic carbocycles. The molecular formula is C28H40FNO5. The van der Waals surface area contributed by atoms with Crippen molar-refractivity contribution in [2.75, 3.05) is 33.9 Å². The number of aliphatic hydroxyl groups excluding tert-OH is 1. The Balaban J connectivity index is 0.000000466. The van der Waals surface area contributed by atoms with E-state index in [9.17, 15) is 14.3 Å². The molecule has 1 aliphatic rings. The lowest BCUT2D eigenvalue weighted by molar-refractivity contribution is -0.137. The van der Waals surface area contributed by atoms with Crippen molar-refractivity contribution < 1.29 is 28.9 Å². The number of aliphatic hydroxyl groups is 1. The molecule has 1 unspecified atom stereocenters. The lowest BCUT2D eigenvalue weighted by Crippen LogP contribution is -2.36. The number of likely N-dealkylation sites (tertiary alicyclic amines) is 1. The predicted molar refractivity (Wildman–Crippen MR) is 136 cm³/mol. The van der Waals surface area contributed by atoms with Gasteiger partial charge >= 0.3 is 5.97 Å². The maximum absolute atomic E-state index is 13.0. The molecule has 2 aromatic carbocycles. The monoisotopic (exact) mass is 489 g/mol. The van der Waals surface area contributed by atoms with E-state index in [2.05, 4.69) is 11.8 Å². The topological polar surface area (TPSA) is 79.2 Å². The van der Waals surface area contributed by atoms with Crippen molar-refractivity contribution in [1.29, 1.82) is 0 Å². The van der Waals surface area contributed by atoms with Crippen LogP contribution in [0.1, 0.15) is 62.7 Å². The number of piperidine rings is 1. The second-order valence-electron chi connectivity index (χ2n) is 8.93. The Kier molecular flexibility index (Phi) is 12.6. The van der Waals surface area contributed by atoms with Gasteiger partial charge in [0.15, 0.2) is 11.5 Å². The van der Waals surface area contributed by atoms with Crippen LogP contribution in [0.3, 0.4) is 0 Å². The van der Waals surface area contributed by atoms with Gasteiger partial charge in [-0.05, 0) is 68.5 Å². The van der Waals surface area contributed by atoms with Gasteiger partial charge in [-0.15, -0.1) is 0 Å². The number of nitrogens with zero attached hydrogens (tertiary/aromatic N) is 1. The molecule has 0 spiro atoms. The first-order valence-corrected chi connectivity index (χ1v) is 12.5. The van der Waals surface area contributed by atoms with Crippen LogP contribution in [0.25, 0.3) is 0 Å². The lowest BCUT2D eigenvalue weighted by atomic mass is 9.87. The summed E-state index contributed by atoms with van der Waals surface area (Å²) in [6.07, 6.45) is 5.50. The van der Waals surface area contributed by atoms with E-state index < -0.39 is 12.1 Å². The fraction of sp³-hybridized carbons (Fsp3) is 0.536. The Morgan fingerprint density at radius 2 is 1.77 bits per heavy atom. The molecule has 6 nitrogen and oxygen atoms in total. The third-order valence-corrected chi connectivity index (χ3v) is 6.45. The molecule has 2 N–H and O–H groups in total. The minimum Gasteiger partial charge on any atom is -0.493 e. The summed E-state index contributed by atoms with van der Waals surface area (Å²) in [5.41, 5.74) is 1.95. The molecule has 35 heavy (non-hydrogen) atoms. The molecule has 0 bridgehead atoms. The van der Waals surface area contributed by atoms with Crippen LogP contribution in [0, 0.1) is 11.7 Å². The number of benzene rings is 2. The predicted octanol–water partition coefficient (Wildman–Crippen LogP) is 5.48. The molecule has 7 heteroatoms. The van der Waals surface area contributed by atoms with E-state index in [-0.39, 0.29) is 11.7 Å². The van der Waals surface area contributed by atoms with Crippen molar-refractivity contribution in [2.45, 2.75) is 58.0 Å². The van der Waals surface area contributed by atoms with Crippen molar-refractivity contribution >= 4 is 5.97 Å². The maximum Gasteiger partial charge on any atom is 0.303 e. The molecular weight excluding hydrogens is 449 g/mol. The van der Waals surface area contributed by atoms with Crippen molar-refractivity contribution in [1.82, 2.24) is 4.90 Å². The number of carbonyl (C=O) groups is 1. The Morgan fingerprint density at radius 1 is 1.09 bits per heavy atom. The standard InChI is InChI=1S/C22H28FNO3.C6H12O2/c1-26-20-5-3-4-19(22(20)27-2)21(25)17-11-14-24(15-12-17)13-10-16-6-8-18(23)9-7-16;1-2-3-4-5-6(7)8/h3-9,17,21,25H,10-15H2,1-2H3;2-5H2,1H3,(H,7,8). The van der Waals surface area contributed by atoms with E-state index in [1.165, 1.54) is 12.1 Å². The van der Waals surface area contributed by atoms with Crippen LogP contribution < -0.4 is 9.47 Å². The average molecular weight is 490 g/mol. The number of rotatable bonds is 11. The van der Waals surface area contributed by atoms with Crippen LogP contribution in [0.5, 0.6) is 11.5 Å². The highest BCUT2D eigenvalue weighted by Gasteiger charge is 2.28. The number of hydrogen-bond donors (Lipinski definition) is 2. The molecule has 1 heterocycles. The van der Waals surface area contributed by atoms with Gasteiger partial charge in [-0.2, -0.15) is 0 Å². The number of unbranched alkanes of at least 4 members (excludes halogenated alkanes) is 2. The number of ether oxygens (including phenoxy) is 2. The van der Waals surface area contributed by atoms with Crippen molar-refractivity contribution in [3.8, 4) is 11.5 Å². The van der Waals surface area contributed by atoms with Gasteiger partial charge in [-0.1, -0.05) is 44.0 Å². The van der Waals surface area contributed by atoms with Crippen LogP contribution in [0.15, 0.2) is 42.5 Å². The second kappa shape index (κ2) is 15.4. The summed E-state index contributed by atoms with van der Waals surface area (Å²) in [6, 6.07) is 12.4. The Morgan fingerprint density at radius 3 is 2.34 bits per heavy atom. The molecule has 0 aromatic heterocycles. The van der Waals surface area contributed by atoms with Crippen LogP contribution in [0.2, 0.25) is 0 Å². The molecule has 0 radical (unpaired) electrons. The SMILES string of the molecule is CCCCCC(=O)O.COc1cccc(C(O)C2CCN(CCc3ccc(F)cc3)CC2)c1OC. The quantitative estimate of drug-likeness (QED) is 0.407. The van der Waals surface area contributed by atoms with E-state index in [0.29, 0.717) is 17.9 Å². The number of carboxylic acids is 1. The van der Waals surface area contributed by atoms with Crippen LogP contribution in [-0.4, -0.2) is 54.9 Å². The van der Waals surface area contributed by atoms with Gasteiger partial charge in [0.25, 0.3) is 0 Å². The molecule has 1 aliphatic heterocycles. The van der Waals surface area contributed by atoms with Gasteiger partial charge < -0.3 is 24.6 Å². The van der Waals surface area contributed by atoms with Gasteiger partial charge in [-0.3, -0.25) is 4.79 Å². The van der Waals surface area contributed by atoms with Gasteiger partial charge in [0.1, 0.15) is 5.82 Å². The molecule has 1 fully saturated rings. The first kappa shape index (κ1) is 28.6. The Labute approximate surface area is 208 Å². The highest BCUT2D eigenvalue weighted by molar-refractivity contribution is 5.66. The molecule has 1 saturated heterocycles. The van der Waals surface area contributed by atoms with Crippen LogP contribution >= 0.6 is 0 Å². The zero-order valence-electron chi connectivity index (χ0n) is 21.2. The highest BCUT2D eigenvalue weighted by atomic mass is 19.1. The smallest absolute Gasteiger partial charge is 0.303 e. The number of carboxylic acid groups (broad SMARTS) is 1. The first-order valence-electron chi connectivity index (χ1n) is 12.5. The second-order valence-corrected chi connectivity index (χ2v) is 8.93. The van der Waals surface area contributed by atoms with Gasteiger partial charge in [0.2, 0.25) is 0 Å². The van der Waals surface area contributed by atoms with Gasteiger partial charge in [-0.25, -0.2) is 4.39 Å². The van der Waals surface area contributed by atoms with Crippen LogP contribution in [0.4, 0.5) is 4.39 Å². The minimum absolute atomic E-state index is 0.193. The molecule has 194 valence electrons. The largest absolute Gasteiger partial charge is 0.493 e. The average Bonchev–Trinajstić information content (AvgIpc) is 2.88. The molecule has 2 aromatic rings. The summed E-state index contributed by atoms with van der Waals surface area (Å²) in [4.78, 5) is 12.3. The summed E-state index contributed by atoms with van der Waals surface area (Å²) in [5.74, 6) is 0.588. The number of aliphatic carboxylic acids is 1. The molecule has 0 amide bonds. The minimum atomic E-state index is -0.682. The van der Waals surface area contributed by atoms with Crippen molar-refractivity contribution in [2.24, 2.45) is 5.92 Å². The van der Waals surface area contributed by atoms with E-state index in [1.807, 2.05) is 30.3 Å². The summed E-state index contributed by atoms with van der Waals surface area (Å²) in [5, 5.41) is 19.0. The zero-order chi connectivity index (χ0) is 25.6. The number of methoxy groups -OCH3 is 2.